The van der Waals surface area contributed by atoms with E-state index in [1.54, 1.807) is 42.5 Å². The quantitative estimate of drug-likeness (QED) is 0.425. The fourth-order valence-electron chi connectivity index (χ4n) is 2.66. The Bertz CT molecular complexity index is 1130. The molecule has 0 spiro atoms. The maximum atomic E-state index is 12.2. The van der Waals surface area contributed by atoms with Crippen molar-refractivity contribution in [3.63, 3.8) is 0 Å². The Hall–Kier alpha value is -3.56. The first-order valence-corrected chi connectivity index (χ1v) is 10.5. The Balaban J connectivity index is 1.53. The molecule has 154 valence electrons. The minimum absolute atomic E-state index is 0.0787. The van der Waals surface area contributed by atoms with Crippen molar-refractivity contribution in [2.45, 2.75) is 18.0 Å². The second kappa shape index (κ2) is 9.29. The van der Waals surface area contributed by atoms with Gasteiger partial charge in [0.2, 0.25) is 10.0 Å². The van der Waals surface area contributed by atoms with Gasteiger partial charge in [-0.25, -0.2) is 13.1 Å². The van der Waals surface area contributed by atoms with Gasteiger partial charge in [-0.2, -0.15) is 0 Å². The third kappa shape index (κ3) is 5.49. The van der Waals surface area contributed by atoms with Crippen LogP contribution in [0.4, 0.5) is 5.69 Å². The van der Waals surface area contributed by atoms with E-state index in [1.807, 2.05) is 0 Å². The van der Waals surface area contributed by atoms with Gasteiger partial charge < -0.3 is 5.32 Å². The molecule has 3 rings (SSSR count). The third-order valence-corrected chi connectivity index (χ3v) is 5.75. The lowest BCUT2D eigenvalue weighted by molar-refractivity contribution is -0.384. The van der Waals surface area contributed by atoms with E-state index in [9.17, 15) is 23.3 Å². The molecule has 3 aromatic carbocycles. The van der Waals surface area contributed by atoms with Crippen LogP contribution in [-0.4, -0.2) is 19.2 Å². The number of nitro benzene ring substituents is 1. The minimum atomic E-state index is -3.58. The van der Waals surface area contributed by atoms with Gasteiger partial charge in [-0.3, -0.25) is 14.9 Å². The second-order valence-electron chi connectivity index (χ2n) is 6.44. The Morgan fingerprint density at radius 1 is 0.833 bits per heavy atom. The summed E-state index contributed by atoms with van der Waals surface area (Å²) in [5.41, 5.74) is 1.86. The van der Waals surface area contributed by atoms with Crippen molar-refractivity contribution in [1.82, 2.24) is 10.0 Å². The molecule has 0 unspecified atom stereocenters. The molecule has 0 aromatic heterocycles. The molecule has 0 fully saturated rings. The summed E-state index contributed by atoms with van der Waals surface area (Å²) >= 11 is 0. The van der Waals surface area contributed by atoms with Gasteiger partial charge in [-0.05, 0) is 35.4 Å². The lowest BCUT2D eigenvalue weighted by Crippen LogP contribution is -2.23. The highest BCUT2D eigenvalue weighted by Crippen LogP contribution is 2.13. The highest BCUT2D eigenvalue weighted by molar-refractivity contribution is 7.89. The van der Waals surface area contributed by atoms with Crippen LogP contribution in [0.15, 0.2) is 83.8 Å². The van der Waals surface area contributed by atoms with Crippen molar-refractivity contribution in [1.29, 1.82) is 0 Å². The summed E-state index contributed by atoms with van der Waals surface area (Å²) in [5.74, 6) is -0.343. The van der Waals surface area contributed by atoms with E-state index in [-0.39, 0.29) is 29.6 Å². The third-order valence-electron chi connectivity index (χ3n) is 4.34. The summed E-state index contributed by atoms with van der Waals surface area (Å²) in [5, 5.41) is 13.4. The average Bonchev–Trinajstić information content (AvgIpc) is 2.77. The summed E-state index contributed by atoms with van der Waals surface area (Å²) in [7, 11) is -3.58. The first kappa shape index (κ1) is 21.2. The summed E-state index contributed by atoms with van der Waals surface area (Å²) in [6, 6.07) is 20.6. The number of nitrogens with zero attached hydrogens (tertiary/aromatic N) is 1. The van der Waals surface area contributed by atoms with Gasteiger partial charge in [-0.15, -0.1) is 0 Å². The first-order chi connectivity index (χ1) is 14.3. The van der Waals surface area contributed by atoms with E-state index < -0.39 is 14.9 Å². The van der Waals surface area contributed by atoms with Gasteiger partial charge in [0.15, 0.2) is 0 Å². The zero-order valence-corrected chi connectivity index (χ0v) is 16.6. The molecule has 0 aliphatic carbocycles. The van der Waals surface area contributed by atoms with E-state index in [0.29, 0.717) is 5.56 Å². The van der Waals surface area contributed by atoms with Crippen LogP contribution < -0.4 is 10.0 Å². The number of rotatable bonds is 8. The standard InChI is InChI=1S/C21H19N3O5S/c25-21(18-10-12-19(13-11-18)24(26)27)22-14-16-6-8-17(9-7-16)15-23-30(28,29)20-4-2-1-3-5-20/h1-13,23H,14-15H2,(H,22,25). The number of hydrogen-bond acceptors (Lipinski definition) is 5. The van der Waals surface area contributed by atoms with Crippen LogP contribution in [0.25, 0.3) is 0 Å². The molecule has 0 radical (unpaired) electrons. The topological polar surface area (TPSA) is 118 Å². The van der Waals surface area contributed by atoms with Crippen LogP contribution >= 0.6 is 0 Å². The summed E-state index contributed by atoms with van der Waals surface area (Å²) in [6.45, 7) is 0.415. The molecule has 0 saturated heterocycles. The zero-order chi connectivity index (χ0) is 21.6. The highest BCUT2D eigenvalue weighted by atomic mass is 32.2. The largest absolute Gasteiger partial charge is 0.348 e. The molecule has 0 saturated carbocycles. The number of amides is 1. The van der Waals surface area contributed by atoms with Crippen molar-refractivity contribution in [2.75, 3.05) is 0 Å². The molecule has 0 atom stereocenters. The first-order valence-electron chi connectivity index (χ1n) is 9.00. The molecule has 0 bridgehead atoms. The molecule has 0 aliphatic heterocycles. The number of nitro groups is 1. The Morgan fingerprint density at radius 2 is 1.40 bits per heavy atom. The monoisotopic (exact) mass is 425 g/mol. The van der Waals surface area contributed by atoms with E-state index in [4.69, 9.17) is 0 Å². The van der Waals surface area contributed by atoms with Gasteiger partial charge in [-0.1, -0.05) is 42.5 Å². The highest BCUT2D eigenvalue weighted by Gasteiger charge is 2.13. The molecule has 1 amide bonds. The molecule has 9 heteroatoms. The lowest BCUT2D eigenvalue weighted by atomic mass is 10.1. The SMILES string of the molecule is O=C(NCc1ccc(CNS(=O)(=O)c2ccccc2)cc1)c1ccc([N+](=O)[O-])cc1. The Kier molecular flexibility index (Phi) is 6.55. The molecule has 0 heterocycles. The van der Waals surface area contributed by atoms with Crippen molar-refractivity contribution < 1.29 is 18.1 Å². The summed E-state index contributed by atoms with van der Waals surface area (Å²) in [4.78, 5) is 22.5. The van der Waals surface area contributed by atoms with Crippen LogP contribution in [0.1, 0.15) is 21.5 Å². The van der Waals surface area contributed by atoms with Crippen LogP contribution in [0.2, 0.25) is 0 Å². The summed E-state index contributed by atoms with van der Waals surface area (Å²) < 4.78 is 27.0. The predicted octanol–water partition coefficient (Wildman–Crippen LogP) is 3.00. The molecule has 2 N–H and O–H groups in total. The Morgan fingerprint density at radius 3 is 1.97 bits per heavy atom. The van der Waals surface area contributed by atoms with Gasteiger partial charge in [0, 0.05) is 30.8 Å². The van der Waals surface area contributed by atoms with E-state index in [2.05, 4.69) is 10.0 Å². The fraction of sp³-hybridized carbons (Fsp3) is 0.0952. The van der Waals surface area contributed by atoms with Crippen molar-refractivity contribution in [2.24, 2.45) is 0 Å². The van der Waals surface area contributed by atoms with Crippen molar-refractivity contribution in [3.8, 4) is 0 Å². The van der Waals surface area contributed by atoms with Crippen LogP contribution in [0.5, 0.6) is 0 Å². The number of carbonyl (C=O) groups is 1. The maximum Gasteiger partial charge on any atom is 0.269 e. The number of non-ortho nitro benzene ring substituents is 1. The summed E-state index contributed by atoms with van der Waals surface area (Å²) in [6.07, 6.45) is 0. The smallest absolute Gasteiger partial charge is 0.269 e. The molecule has 0 aliphatic rings. The maximum absolute atomic E-state index is 12.2. The van der Waals surface area contributed by atoms with Crippen LogP contribution in [-0.2, 0) is 23.1 Å². The van der Waals surface area contributed by atoms with E-state index in [1.165, 1.54) is 36.4 Å². The molecule has 8 nitrogen and oxygen atoms in total. The van der Waals surface area contributed by atoms with Crippen molar-refractivity contribution >= 4 is 21.6 Å². The zero-order valence-electron chi connectivity index (χ0n) is 15.8. The van der Waals surface area contributed by atoms with Gasteiger partial charge >= 0.3 is 0 Å². The molecule has 3 aromatic rings. The number of carbonyl (C=O) groups excluding carboxylic acids is 1. The molecule has 30 heavy (non-hydrogen) atoms. The van der Waals surface area contributed by atoms with E-state index >= 15 is 0 Å². The number of benzene rings is 3. The average molecular weight is 425 g/mol. The van der Waals surface area contributed by atoms with Gasteiger partial charge in [0.25, 0.3) is 11.6 Å². The number of nitrogens with one attached hydrogen (secondary N) is 2. The number of sulfonamides is 1. The Labute approximate surface area is 173 Å². The molecular formula is C21H19N3O5S. The fourth-order valence-corrected chi connectivity index (χ4v) is 3.69. The van der Waals surface area contributed by atoms with E-state index in [0.717, 1.165) is 11.1 Å². The van der Waals surface area contributed by atoms with Crippen molar-refractivity contribution in [3.05, 3.63) is 106 Å². The lowest BCUT2D eigenvalue weighted by Gasteiger charge is -2.08. The van der Waals surface area contributed by atoms with Gasteiger partial charge in [0.1, 0.15) is 0 Å². The predicted molar refractivity (Wildman–Crippen MR) is 111 cm³/mol. The molecular weight excluding hydrogens is 406 g/mol. The normalized spacial score (nSPS) is 11.1. The van der Waals surface area contributed by atoms with Crippen LogP contribution in [0, 0.1) is 10.1 Å². The second-order valence-corrected chi connectivity index (χ2v) is 8.21. The van der Waals surface area contributed by atoms with Gasteiger partial charge in [0.05, 0.1) is 9.82 Å². The number of hydrogen-bond donors (Lipinski definition) is 2. The minimum Gasteiger partial charge on any atom is -0.348 e. The van der Waals surface area contributed by atoms with Crippen LogP contribution in [0.3, 0.4) is 0 Å².